The van der Waals surface area contributed by atoms with Gasteiger partial charge < -0.3 is 10.6 Å². The van der Waals surface area contributed by atoms with Crippen LogP contribution in [0.2, 0.25) is 0 Å². The van der Waals surface area contributed by atoms with Crippen LogP contribution in [0.3, 0.4) is 0 Å². The standard InChI is InChI=1S/C14H28N2O/c1-2-3-4-5-6-7-8-9-14(17)16-13-10-11-15-12-13/h13,15H,2-12H2,1H3,(H,16,17). The summed E-state index contributed by atoms with van der Waals surface area (Å²) in [6, 6.07) is 0.382. The third-order valence-corrected chi connectivity index (χ3v) is 3.43. The SMILES string of the molecule is CCCCCCCCCC(=O)NC1CCNC1. The average Bonchev–Trinajstić information content (AvgIpc) is 2.80. The summed E-state index contributed by atoms with van der Waals surface area (Å²) < 4.78 is 0. The summed E-state index contributed by atoms with van der Waals surface area (Å²) in [5, 5.41) is 6.35. The van der Waals surface area contributed by atoms with E-state index in [9.17, 15) is 4.79 Å². The van der Waals surface area contributed by atoms with Gasteiger partial charge >= 0.3 is 0 Å². The van der Waals surface area contributed by atoms with Crippen molar-refractivity contribution in [2.45, 2.75) is 70.8 Å². The van der Waals surface area contributed by atoms with Crippen LogP contribution in [-0.2, 0) is 4.79 Å². The van der Waals surface area contributed by atoms with Crippen molar-refractivity contribution in [3.05, 3.63) is 0 Å². The molecule has 0 bridgehead atoms. The summed E-state index contributed by atoms with van der Waals surface area (Å²) in [7, 11) is 0. The highest BCUT2D eigenvalue weighted by atomic mass is 16.1. The van der Waals surface area contributed by atoms with Crippen LogP contribution in [0.1, 0.15) is 64.7 Å². The highest BCUT2D eigenvalue weighted by Crippen LogP contribution is 2.08. The molecule has 1 atom stereocenters. The van der Waals surface area contributed by atoms with Crippen molar-refractivity contribution in [1.29, 1.82) is 0 Å². The van der Waals surface area contributed by atoms with Gasteiger partial charge in [-0.25, -0.2) is 0 Å². The highest BCUT2D eigenvalue weighted by molar-refractivity contribution is 5.76. The molecule has 100 valence electrons. The van der Waals surface area contributed by atoms with E-state index in [0.29, 0.717) is 12.5 Å². The molecular weight excluding hydrogens is 212 g/mol. The molecule has 1 unspecified atom stereocenters. The molecule has 1 amide bonds. The lowest BCUT2D eigenvalue weighted by Gasteiger charge is -2.10. The molecule has 0 aromatic heterocycles. The molecule has 0 spiro atoms. The lowest BCUT2D eigenvalue weighted by atomic mass is 10.1. The monoisotopic (exact) mass is 240 g/mol. The topological polar surface area (TPSA) is 41.1 Å². The molecular formula is C14H28N2O. The van der Waals surface area contributed by atoms with Gasteiger partial charge in [-0.3, -0.25) is 4.79 Å². The molecule has 2 N–H and O–H groups in total. The second-order valence-electron chi connectivity index (χ2n) is 5.13. The molecule has 17 heavy (non-hydrogen) atoms. The van der Waals surface area contributed by atoms with Crippen LogP contribution in [0.15, 0.2) is 0 Å². The van der Waals surface area contributed by atoms with Gasteiger partial charge in [0.25, 0.3) is 0 Å². The van der Waals surface area contributed by atoms with Crippen molar-refractivity contribution < 1.29 is 4.79 Å². The highest BCUT2D eigenvalue weighted by Gasteiger charge is 2.15. The van der Waals surface area contributed by atoms with Gasteiger partial charge in [-0.05, 0) is 19.4 Å². The molecule has 0 radical (unpaired) electrons. The van der Waals surface area contributed by atoms with Crippen molar-refractivity contribution in [2.75, 3.05) is 13.1 Å². The van der Waals surface area contributed by atoms with Crippen molar-refractivity contribution in [3.63, 3.8) is 0 Å². The minimum absolute atomic E-state index is 0.243. The van der Waals surface area contributed by atoms with Gasteiger partial charge in [0, 0.05) is 19.0 Å². The molecule has 1 rings (SSSR count). The van der Waals surface area contributed by atoms with Crippen LogP contribution < -0.4 is 10.6 Å². The lowest BCUT2D eigenvalue weighted by Crippen LogP contribution is -2.35. The fraction of sp³-hybridized carbons (Fsp3) is 0.929. The summed E-state index contributed by atoms with van der Waals surface area (Å²) in [6.07, 6.45) is 10.7. The summed E-state index contributed by atoms with van der Waals surface area (Å²) in [5.74, 6) is 0.243. The average molecular weight is 240 g/mol. The molecule has 3 nitrogen and oxygen atoms in total. The molecule has 1 aliphatic rings. The molecule has 1 aliphatic heterocycles. The minimum Gasteiger partial charge on any atom is -0.352 e. The summed E-state index contributed by atoms with van der Waals surface area (Å²) in [4.78, 5) is 11.6. The number of hydrogen-bond donors (Lipinski definition) is 2. The first-order chi connectivity index (χ1) is 8.33. The molecule has 0 aromatic rings. The van der Waals surface area contributed by atoms with Gasteiger partial charge in [0.2, 0.25) is 5.91 Å². The fourth-order valence-corrected chi connectivity index (χ4v) is 2.32. The van der Waals surface area contributed by atoms with Crippen molar-refractivity contribution in [2.24, 2.45) is 0 Å². The van der Waals surface area contributed by atoms with Crippen molar-refractivity contribution in [3.8, 4) is 0 Å². The number of hydrogen-bond acceptors (Lipinski definition) is 2. The van der Waals surface area contributed by atoms with Gasteiger partial charge in [-0.2, -0.15) is 0 Å². The quantitative estimate of drug-likeness (QED) is 0.608. The first-order valence-corrected chi connectivity index (χ1v) is 7.33. The van der Waals surface area contributed by atoms with E-state index in [1.807, 2.05) is 0 Å². The van der Waals surface area contributed by atoms with Crippen molar-refractivity contribution in [1.82, 2.24) is 10.6 Å². The number of carbonyl (C=O) groups is 1. The Balaban J connectivity index is 1.86. The zero-order valence-corrected chi connectivity index (χ0v) is 11.3. The van der Waals surface area contributed by atoms with Crippen LogP contribution in [0.5, 0.6) is 0 Å². The van der Waals surface area contributed by atoms with E-state index in [1.54, 1.807) is 0 Å². The van der Waals surface area contributed by atoms with Crippen LogP contribution in [0.25, 0.3) is 0 Å². The Hall–Kier alpha value is -0.570. The Bertz CT molecular complexity index is 200. The van der Waals surface area contributed by atoms with E-state index in [4.69, 9.17) is 0 Å². The number of amides is 1. The predicted octanol–water partition coefficient (Wildman–Crippen LogP) is 2.61. The van der Waals surface area contributed by atoms with Gasteiger partial charge in [0.05, 0.1) is 0 Å². The van der Waals surface area contributed by atoms with E-state index in [-0.39, 0.29) is 5.91 Å². The zero-order valence-electron chi connectivity index (χ0n) is 11.3. The Morgan fingerprint density at radius 3 is 2.53 bits per heavy atom. The molecule has 0 aliphatic carbocycles. The van der Waals surface area contributed by atoms with Gasteiger partial charge in [-0.1, -0.05) is 45.4 Å². The largest absolute Gasteiger partial charge is 0.352 e. The maximum absolute atomic E-state index is 11.6. The molecule has 0 aromatic carbocycles. The Morgan fingerprint density at radius 1 is 1.18 bits per heavy atom. The molecule has 0 saturated carbocycles. The van der Waals surface area contributed by atoms with Crippen molar-refractivity contribution >= 4 is 5.91 Å². The zero-order chi connectivity index (χ0) is 12.3. The maximum atomic E-state index is 11.6. The molecule has 1 fully saturated rings. The third-order valence-electron chi connectivity index (χ3n) is 3.43. The second-order valence-corrected chi connectivity index (χ2v) is 5.13. The Morgan fingerprint density at radius 2 is 1.88 bits per heavy atom. The smallest absolute Gasteiger partial charge is 0.220 e. The number of unbranched alkanes of at least 4 members (excludes halogenated alkanes) is 6. The van der Waals surface area contributed by atoms with Crippen LogP contribution in [0, 0.1) is 0 Å². The lowest BCUT2D eigenvalue weighted by molar-refractivity contribution is -0.121. The molecule has 3 heteroatoms. The van der Waals surface area contributed by atoms with E-state index < -0.39 is 0 Å². The molecule has 1 heterocycles. The second kappa shape index (κ2) is 9.46. The minimum atomic E-state index is 0.243. The summed E-state index contributed by atoms with van der Waals surface area (Å²) >= 11 is 0. The first kappa shape index (κ1) is 14.5. The van der Waals surface area contributed by atoms with E-state index >= 15 is 0 Å². The van der Waals surface area contributed by atoms with Gasteiger partial charge in [-0.15, -0.1) is 0 Å². The van der Waals surface area contributed by atoms with Crippen LogP contribution >= 0.6 is 0 Å². The van der Waals surface area contributed by atoms with Crippen LogP contribution in [-0.4, -0.2) is 25.0 Å². The number of rotatable bonds is 9. The number of carbonyl (C=O) groups excluding carboxylic acids is 1. The maximum Gasteiger partial charge on any atom is 0.220 e. The Kier molecular flexibility index (Phi) is 8.06. The van der Waals surface area contributed by atoms with E-state index in [1.165, 1.54) is 38.5 Å². The summed E-state index contributed by atoms with van der Waals surface area (Å²) in [5.41, 5.74) is 0. The molecule has 1 saturated heterocycles. The first-order valence-electron chi connectivity index (χ1n) is 7.33. The predicted molar refractivity (Wildman–Crippen MR) is 72.0 cm³/mol. The van der Waals surface area contributed by atoms with E-state index in [0.717, 1.165) is 25.9 Å². The van der Waals surface area contributed by atoms with Gasteiger partial charge in [0.1, 0.15) is 0 Å². The Labute approximate surface area is 106 Å². The summed E-state index contributed by atoms with van der Waals surface area (Å²) in [6.45, 7) is 4.23. The third kappa shape index (κ3) is 7.37. The number of nitrogens with one attached hydrogen (secondary N) is 2. The van der Waals surface area contributed by atoms with Gasteiger partial charge in [0.15, 0.2) is 0 Å². The fourth-order valence-electron chi connectivity index (χ4n) is 2.32. The van der Waals surface area contributed by atoms with Crippen LogP contribution in [0.4, 0.5) is 0 Å². The van der Waals surface area contributed by atoms with E-state index in [2.05, 4.69) is 17.6 Å². The normalized spacial score (nSPS) is 19.5.